The predicted octanol–water partition coefficient (Wildman–Crippen LogP) is 0.358. The molecule has 0 bridgehead atoms. The van der Waals surface area contributed by atoms with E-state index in [1.807, 2.05) is 29.7 Å². The maximum atomic E-state index is 12.3. The van der Waals surface area contributed by atoms with E-state index in [0.29, 0.717) is 25.5 Å². The maximum absolute atomic E-state index is 12.3. The molecule has 2 aromatic rings. The second-order valence-electron chi connectivity index (χ2n) is 5.75. The van der Waals surface area contributed by atoms with Crippen LogP contribution in [0, 0.1) is 5.92 Å². The molecule has 3 rings (SSSR count). The summed E-state index contributed by atoms with van der Waals surface area (Å²) in [5, 5.41) is 10.7. The van der Waals surface area contributed by atoms with Gasteiger partial charge in [-0.05, 0) is 19.1 Å². The third-order valence-electron chi connectivity index (χ3n) is 4.12. The summed E-state index contributed by atoms with van der Waals surface area (Å²) < 4.78 is 1.87. The van der Waals surface area contributed by atoms with Gasteiger partial charge in [0.2, 0.25) is 11.8 Å². The van der Waals surface area contributed by atoms with Crippen molar-refractivity contribution >= 4 is 11.8 Å². The van der Waals surface area contributed by atoms with Crippen LogP contribution in [0.2, 0.25) is 0 Å². The topological polar surface area (TPSA) is 93.0 Å². The first kappa shape index (κ1) is 16.1. The molecule has 0 saturated carbocycles. The van der Waals surface area contributed by atoms with Crippen LogP contribution in [0.4, 0.5) is 0 Å². The number of nitrogens with zero attached hydrogens (tertiary/aromatic N) is 5. The van der Waals surface area contributed by atoms with Crippen LogP contribution in [0.15, 0.2) is 30.7 Å². The molecular weight excluding hydrogens is 308 g/mol. The van der Waals surface area contributed by atoms with Crippen LogP contribution in [0.3, 0.4) is 0 Å². The molecule has 8 nitrogen and oxygen atoms in total. The Kier molecular flexibility index (Phi) is 4.83. The van der Waals surface area contributed by atoms with E-state index in [9.17, 15) is 9.59 Å². The van der Waals surface area contributed by atoms with Gasteiger partial charge in [0.05, 0.1) is 24.7 Å². The molecule has 0 radical (unpaired) electrons. The van der Waals surface area contributed by atoms with Crippen LogP contribution in [0.25, 0.3) is 0 Å². The molecule has 1 N–H and O–H groups in total. The van der Waals surface area contributed by atoms with Gasteiger partial charge in [0, 0.05) is 25.7 Å². The van der Waals surface area contributed by atoms with Crippen LogP contribution >= 0.6 is 0 Å². The Labute approximate surface area is 139 Å². The van der Waals surface area contributed by atoms with E-state index in [0.717, 1.165) is 12.2 Å². The molecule has 1 saturated heterocycles. The third-order valence-corrected chi connectivity index (χ3v) is 4.12. The van der Waals surface area contributed by atoms with Crippen molar-refractivity contribution in [3.63, 3.8) is 0 Å². The minimum absolute atomic E-state index is 0.0162. The number of likely N-dealkylation sites (tertiary alicyclic amines) is 1. The zero-order chi connectivity index (χ0) is 16.9. The van der Waals surface area contributed by atoms with Gasteiger partial charge < -0.3 is 14.8 Å². The van der Waals surface area contributed by atoms with E-state index in [4.69, 9.17) is 0 Å². The van der Waals surface area contributed by atoms with Crippen LogP contribution in [0.5, 0.6) is 0 Å². The number of rotatable bonds is 6. The zero-order valence-corrected chi connectivity index (χ0v) is 13.6. The van der Waals surface area contributed by atoms with Crippen LogP contribution in [-0.4, -0.2) is 43.0 Å². The largest absolute Gasteiger partial charge is 0.348 e. The molecule has 0 aromatic carbocycles. The number of hydrogen-bond acceptors (Lipinski definition) is 5. The lowest BCUT2D eigenvalue weighted by molar-refractivity contribution is -0.129. The normalized spacial score (nSPS) is 17.3. The lowest BCUT2D eigenvalue weighted by Crippen LogP contribution is -2.33. The Morgan fingerprint density at radius 2 is 2.29 bits per heavy atom. The van der Waals surface area contributed by atoms with Crippen molar-refractivity contribution in [3.8, 4) is 0 Å². The van der Waals surface area contributed by atoms with Crippen molar-refractivity contribution in [1.82, 2.24) is 30.0 Å². The number of nitrogens with one attached hydrogen (secondary N) is 1. The van der Waals surface area contributed by atoms with Gasteiger partial charge in [0.25, 0.3) is 0 Å². The molecule has 0 aliphatic carbocycles. The fourth-order valence-electron chi connectivity index (χ4n) is 2.78. The summed E-state index contributed by atoms with van der Waals surface area (Å²) in [4.78, 5) is 30.3. The summed E-state index contributed by atoms with van der Waals surface area (Å²) in [6.45, 7) is 3.91. The second-order valence-corrected chi connectivity index (χ2v) is 5.75. The summed E-state index contributed by atoms with van der Waals surface area (Å²) in [5.41, 5.74) is 0.822. The predicted molar refractivity (Wildman–Crippen MR) is 85.3 cm³/mol. The highest BCUT2D eigenvalue weighted by molar-refractivity contribution is 5.89. The van der Waals surface area contributed by atoms with Crippen LogP contribution in [-0.2, 0) is 29.2 Å². The standard InChI is InChI=1S/C16H20N6O2/c1-2-21-11-19-20-14(21)8-18-16(24)12-7-15(23)22(9-12)10-13-5-3-4-6-17-13/h3-6,11-12H,2,7-10H2,1H3,(H,18,24)/t12-/m0/s1. The lowest BCUT2D eigenvalue weighted by atomic mass is 10.1. The highest BCUT2D eigenvalue weighted by Crippen LogP contribution is 2.20. The zero-order valence-electron chi connectivity index (χ0n) is 13.6. The molecule has 8 heteroatoms. The summed E-state index contributed by atoms with van der Waals surface area (Å²) in [6.07, 6.45) is 3.57. The van der Waals surface area contributed by atoms with Gasteiger partial charge in [-0.2, -0.15) is 0 Å². The van der Waals surface area contributed by atoms with Crippen molar-refractivity contribution in [1.29, 1.82) is 0 Å². The number of carbonyl (C=O) groups excluding carboxylic acids is 2. The van der Waals surface area contributed by atoms with E-state index in [2.05, 4.69) is 20.5 Å². The Hall–Kier alpha value is -2.77. The molecule has 24 heavy (non-hydrogen) atoms. The van der Waals surface area contributed by atoms with E-state index < -0.39 is 0 Å². The maximum Gasteiger partial charge on any atom is 0.225 e. The fraction of sp³-hybridized carbons (Fsp3) is 0.438. The molecule has 1 aliphatic heterocycles. The minimum Gasteiger partial charge on any atom is -0.348 e. The van der Waals surface area contributed by atoms with Gasteiger partial charge in [0.1, 0.15) is 6.33 Å². The highest BCUT2D eigenvalue weighted by Gasteiger charge is 2.34. The van der Waals surface area contributed by atoms with Crippen molar-refractivity contribution in [2.75, 3.05) is 6.54 Å². The number of carbonyl (C=O) groups is 2. The molecule has 1 fully saturated rings. The first-order valence-corrected chi connectivity index (χ1v) is 7.99. The molecule has 3 heterocycles. The smallest absolute Gasteiger partial charge is 0.225 e. The van der Waals surface area contributed by atoms with Gasteiger partial charge in [-0.3, -0.25) is 14.6 Å². The van der Waals surface area contributed by atoms with Crippen molar-refractivity contribution in [2.45, 2.75) is 33.0 Å². The van der Waals surface area contributed by atoms with Crippen LogP contribution < -0.4 is 5.32 Å². The number of aromatic nitrogens is 4. The fourth-order valence-corrected chi connectivity index (χ4v) is 2.78. The second kappa shape index (κ2) is 7.20. The Morgan fingerprint density at radius 3 is 3.04 bits per heavy atom. The van der Waals surface area contributed by atoms with Crippen LogP contribution in [0.1, 0.15) is 24.9 Å². The first-order valence-electron chi connectivity index (χ1n) is 7.99. The average molecular weight is 328 g/mol. The number of pyridine rings is 1. The van der Waals surface area contributed by atoms with Gasteiger partial charge in [-0.15, -0.1) is 10.2 Å². The van der Waals surface area contributed by atoms with Crippen molar-refractivity contribution in [2.24, 2.45) is 5.92 Å². The Balaban J connectivity index is 1.54. The molecule has 2 amide bonds. The first-order chi connectivity index (χ1) is 11.7. The summed E-state index contributed by atoms with van der Waals surface area (Å²) in [5.74, 6) is 0.231. The highest BCUT2D eigenvalue weighted by atomic mass is 16.2. The molecule has 126 valence electrons. The van der Waals surface area contributed by atoms with Gasteiger partial charge >= 0.3 is 0 Å². The molecular formula is C16H20N6O2. The van der Waals surface area contributed by atoms with Crippen molar-refractivity contribution < 1.29 is 9.59 Å². The van der Waals surface area contributed by atoms with E-state index in [-0.39, 0.29) is 24.2 Å². The minimum atomic E-state index is -0.334. The molecule has 0 spiro atoms. The van der Waals surface area contributed by atoms with Gasteiger partial charge in [-0.1, -0.05) is 6.07 Å². The summed E-state index contributed by atoms with van der Waals surface area (Å²) in [7, 11) is 0. The number of hydrogen-bond donors (Lipinski definition) is 1. The quantitative estimate of drug-likeness (QED) is 0.826. The number of amides is 2. The van der Waals surface area contributed by atoms with Crippen molar-refractivity contribution in [3.05, 3.63) is 42.2 Å². The SMILES string of the molecule is CCn1cnnc1CNC(=O)[C@H]1CC(=O)N(Cc2ccccn2)C1. The third kappa shape index (κ3) is 3.58. The Bertz CT molecular complexity index is 714. The summed E-state index contributed by atoms with van der Waals surface area (Å²) in [6, 6.07) is 5.59. The molecule has 0 unspecified atom stereocenters. The molecule has 1 atom stereocenters. The van der Waals surface area contributed by atoms with Gasteiger partial charge in [-0.25, -0.2) is 0 Å². The number of aryl methyl sites for hydroxylation is 1. The van der Waals surface area contributed by atoms with Gasteiger partial charge in [0.15, 0.2) is 5.82 Å². The van der Waals surface area contributed by atoms with E-state index >= 15 is 0 Å². The summed E-state index contributed by atoms with van der Waals surface area (Å²) >= 11 is 0. The molecule has 2 aromatic heterocycles. The lowest BCUT2D eigenvalue weighted by Gasteiger charge is -2.16. The monoisotopic (exact) mass is 328 g/mol. The Morgan fingerprint density at radius 1 is 1.42 bits per heavy atom. The average Bonchev–Trinajstić information content (AvgIpc) is 3.20. The van der Waals surface area contributed by atoms with E-state index in [1.165, 1.54) is 0 Å². The van der Waals surface area contributed by atoms with E-state index in [1.54, 1.807) is 17.4 Å². The molecule has 1 aliphatic rings.